The van der Waals surface area contributed by atoms with E-state index in [2.05, 4.69) is 9.68 Å². The van der Waals surface area contributed by atoms with E-state index in [-0.39, 0.29) is 0 Å². The van der Waals surface area contributed by atoms with Gasteiger partial charge in [0, 0.05) is 5.56 Å². The lowest BCUT2D eigenvalue weighted by Gasteiger charge is -2.10. The van der Waals surface area contributed by atoms with Gasteiger partial charge in [-0.15, -0.1) is 0 Å². The number of hydrogen-bond acceptors (Lipinski definition) is 3. The highest BCUT2D eigenvalue weighted by atomic mass is 19.4. The average molecular weight is 248 g/mol. The van der Waals surface area contributed by atoms with Gasteiger partial charge in [-0.2, -0.15) is 13.2 Å². The summed E-state index contributed by atoms with van der Waals surface area (Å²) in [6.07, 6.45) is -4.76. The minimum Gasteiger partial charge on any atom is -0.296 e. The second-order valence-electron chi connectivity index (χ2n) is 3.13. The Balaban J connectivity index is 2.65. The number of halogens is 4. The number of aromatic nitrogens is 2. The van der Waals surface area contributed by atoms with E-state index in [0.717, 1.165) is 12.1 Å². The van der Waals surface area contributed by atoms with Crippen molar-refractivity contribution in [2.24, 2.45) is 0 Å². The summed E-state index contributed by atoms with van der Waals surface area (Å²) in [6, 6.07) is 2.02. The van der Waals surface area contributed by atoms with Crippen molar-refractivity contribution in [2.45, 2.75) is 6.18 Å². The summed E-state index contributed by atoms with van der Waals surface area (Å²) in [4.78, 5) is 12.6. The van der Waals surface area contributed by atoms with Gasteiger partial charge in [0.15, 0.2) is 5.82 Å². The van der Waals surface area contributed by atoms with E-state index in [4.69, 9.17) is 0 Å². The summed E-state index contributed by atoms with van der Waals surface area (Å²) in [5, 5.41) is 3.12. The molecule has 0 saturated carbocycles. The van der Waals surface area contributed by atoms with Crippen molar-refractivity contribution in [2.75, 3.05) is 0 Å². The predicted molar refractivity (Wildman–Crippen MR) is 47.5 cm³/mol. The number of alkyl halides is 3. The Labute approximate surface area is 90.9 Å². The summed E-state index contributed by atoms with van der Waals surface area (Å²) < 4.78 is 54.7. The molecular formula is C9H4F4N2O2. The molecule has 0 amide bonds. The van der Waals surface area contributed by atoms with Crippen molar-refractivity contribution in [1.82, 2.24) is 10.1 Å². The minimum atomic E-state index is -4.76. The number of nitrogens with zero attached hydrogens (tertiary/aromatic N) is 1. The van der Waals surface area contributed by atoms with Gasteiger partial charge in [-0.25, -0.2) is 9.18 Å². The quantitative estimate of drug-likeness (QED) is 0.787. The van der Waals surface area contributed by atoms with Gasteiger partial charge in [-0.1, -0.05) is 5.16 Å². The molecule has 0 bridgehead atoms. The third-order valence-electron chi connectivity index (χ3n) is 1.98. The van der Waals surface area contributed by atoms with Gasteiger partial charge in [0.05, 0.1) is 5.56 Å². The predicted octanol–water partition coefficient (Wildman–Crippen LogP) is 2.19. The molecule has 0 radical (unpaired) electrons. The van der Waals surface area contributed by atoms with Crippen molar-refractivity contribution in [1.29, 1.82) is 0 Å². The van der Waals surface area contributed by atoms with E-state index in [1.807, 2.05) is 4.98 Å². The number of benzene rings is 1. The first-order valence-electron chi connectivity index (χ1n) is 4.31. The maximum Gasteiger partial charge on any atom is 0.439 e. The molecule has 0 saturated heterocycles. The molecule has 2 aromatic rings. The van der Waals surface area contributed by atoms with Crippen LogP contribution in [0.2, 0.25) is 0 Å². The van der Waals surface area contributed by atoms with E-state index in [1.165, 1.54) is 0 Å². The monoisotopic (exact) mass is 248 g/mol. The second kappa shape index (κ2) is 3.72. The third kappa shape index (κ3) is 2.19. The van der Waals surface area contributed by atoms with Crippen molar-refractivity contribution < 1.29 is 22.1 Å². The molecule has 1 aromatic heterocycles. The second-order valence-corrected chi connectivity index (χ2v) is 3.13. The van der Waals surface area contributed by atoms with Gasteiger partial charge in [-0.3, -0.25) is 9.51 Å². The molecule has 0 unspecified atom stereocenters. The Morgan fingerprint density at radius 3 is 2.53 bits per heavy atom. The minimum absolute atomic E-state index is 0.322. The van der Waals surface area contributed by atoms with Crippen LogP contribution in [0.15, 0.2) is 27.5 Å². The Morgan fingerprint density at radius 2 is 2.00 bits per heavy atom. The molecule has 0 aliphatic heterocycles. The molecule has 0 spiro atoms. The Hall–Kier alpha value is -2.12. The van der Waals surface area contributed by atoms with Crippen LogP contribution in [0, 0.1) is 5.82 Å². The summed E-state index contributed by atoms with van der Waals surface area (Å²) in [7, 11) is 0. The number of H-pyrrole nitrogens is 1. The third-order valence-corrected chi connectivity index (χ3v) is 1.98. The van der Waals surface area contributed by atoms with Crippen LogP contribution < -0.4 is 5.76 Å². The van der Waals surface area contributed by atoms with Crippen molar-refractivity contribution in [3.63, 3.8) is 0 Å². The molecule has 8 heteroatoms. The lowest BCUT2D eigenvalue weighted by Crippen LogP contribution is -2.08. The maximum absolute atomic E-state index is 12.8. The van der Waals surface area contributed by atoms with Gasteiger partial charge in [-0.05, 0) is 18.2 Å². The smallest absolute Gasteiger partial charge is 0.296 e. The fourth-order valence-electron chi connectivity index (χ4n) is 1.30. The first kappa shape index (κ1) is 11.4. The molecule has 17 heavy (non-hydrogen) atoms. The van der Waals surface area contributed by atoms with E-state index in [0.29, 0.717) is 6.07 Å². The summed E-state index contributed by atoms with van der Waals surface area (Å²) in [6.45, 7) is 0. The molecule has 0 aliphatic rings. The zero-order chi connectivity index (χ0) is 12.6. The van der Waals surface area contributed by atoms with Gasteiger partial charge < -0.3 is 0 Å². The lowest BCUT2D eigenvalue weighted by molar-refractivity contribution is -0.137. The number of hydrogen-bond donors (Lipinski definition) is 1. The molecule has 4 nitrogen and oxygen atoms in total. The maximum atomic E-state index is 12.8. The zero-order valence-corrected chi connectivity index (χ0v) is 8.01. The van der Waals surface area contributed by atoms with Crippen molar-refractivity contribution in [3.05, 3.63) is 40.1 Å². The van der Waals surface area contributed by atoms with Crippen molar-refractivity contribution >= 4 is 0 Å². The zero-order valence-electron chi connectivity index (χ0n) is 8.01. The summed E-state index contributed by atoms with van der Waals surface area (Å²) >= 11 is 0. The van der Waals surface area contributed by atoms with Gasteiger partial charge in [0.25, 0.3) is 0 Å². The molecule has 0 aliphatic carbocycles. The molecule has 1 N–H and O–H groups in total. The van der Waals surface area contributed by atoms with Crippen LogP contribution in [0.5, 0.6) is 0 Å². The fraction of sp³-hybridized carbons (Fsp3) is 0.111. The van der Waals surface area contributed by atoms with E-state index in [9.17, 15) is 22.4 Å². The van der Waals surface area contributed by atoms with Crippen LogP contribution in [0.1, 0.15) is 5.56 Å². The lowest BCUT2D eigenvalue weighted by atomic mass is 10.1. The highest BCUT2D eigenvalue weighted by Crippen LogP contribution is 2.36. The molecule has 2 rings (SSSR count). The SMILES string of the molecule is O=c1[nH]c(-c2ccc(F)cc2C(F)(F)F)no1. The number of nitrogens with one attached hydrogen (secondary N) is 1. The van der Waals surface area contributed by atoms with E-state index < -0.39 is 34.7 Å². The molecular weight excluding hydrogens is 244 g/mol. The van der Waals surface area contributed by atoms with Crippen LogP contribution >= 0.6 is 0 Å². The number of rotatable bonds is 1. The molecule has 1 heterocycles. The van der Waals surface area contributed by atoms with Crippen LogP contribution in [0.3, 0.4) is 0 Å². The normalized spacial score (nSPS) is 11.8. The average Bonchev–Trinajstić information content (AvgIpc) is 2.63. The summed E-state index contributed by atoms with van der Waals surface area (Å²) in [5.41, 5.74) is -1.69. The van der Waals surface area contributed by atoms with Gasteiger partial charge >= 0.3 is 11.9 Å². The largest absolute Gasteiger partial charge is 0.439 e. The standard InChI is InChI=1S/C9H4F4N2O2/c10-4-1-2-5(6(3-4)9(11,12)13)7-14-8(16)17-15-7/h1-3H,(H,14,15,16). The van der Waals surface area contributed by atoms with Crippen LogP contribution in [0.25, 0.3) is 11.4 Å². The Bertz CT molecular complexity index is 600. The topological polar surface area (TPSA) is 58.9 Å². The molecule has 0 fully saturated rings. The Kier molecular flexibility index (Phi) is 2.49. The van der Waals surface area contributed by atoms with Crippen LogP contribution in [-0.4, -0.2) is 10.1 Å². The van der Waals surface area contributed by atoms with Crippen LogP contribution in [0.4, 0.5) is 17.6 Å². The van der Waals surface area contributed by atoms with E-state index in [1.54, 1.807) is 0 Å². The summed E-state index contributed by atoms with van der Waals surface area (Å²) in [5.74, 6) is -2.42. The van der Waals surface area contributed by atoms with Gasteiger partial charge in [0.2, 0.25) is 0 Å². The first-order chi connectivity index (χ1) is 7.88. The highest BCUT2D eigenvalue weighted by Gasteiger charge is 2.35. The molecule has 90 valence electrons. The fourth-order valence-corrected chi connectivity index (χ4v) is 1.30. The van der Waals surface area contributed by atoms with Crippen molar-refractivity contribution in [3.8, 4) is 11.4 Å². The van der Waals surface area contributed by atoms with E-state index >= 15 is 0 Å². The number of aromatic amines is 1. The van der Waals surface area contributed by atoms with Gasteiger partial charge in [0.1, 0.15) is 5.82 Å². The van der Waals surface area contributed by atoms with Crippen LogP contribution in [-0.2, 0) is 6.18 Å². The molecule has 0 atom stereocenters. The molecule has 1 aromatic carbocycles. The Morgan fingerprint density at radius 1 is 1.29 bits per heavy atom. The highest BCUT2D eigenvalue weighted by molar-refractivity contribution is 5.60. The first-order valence-corrected chi connectivity index (χ1v) is 4.31.